The number of hydrogen-bond donors (Lipinski definition) is 1. The number of benzene rings is 1. The number of pyridine rings is 1. The fraction of sp³-hybridized carbons (Fsp3) is 0.300. The number of hydrogen-bond acceptors (Lipinski definition) is 5. The first kappa shape index (κ1) is 16.6. The number of amides is 1. The van der Waals surface area contributed by atoms with Crippen LogP contribution in [0.15, 0.2) is 55.1 Å². The van der Waals surface area contributed by atoms with E-state index in [9.17, 15) is 4.79 Å². The van der Waals surface area contributed by atoms with Crippen molar-refractivity contribution in [3.05, 3.63) is 66.2 Å². The van der Waals surface area contributed by atoms with Crippen molar-refractivity contribution in [3.63, 3.8) is 0 Å². The van der Waals surface area contributed by atoms with Gasteiger partial charge in [0.1, 0.15) is 0 Å². The molecule has 1 aromatic carbocycles. The van der Waals surface area contributed by atoms with Crippen LogP contribution in [-0.4, -0.2) is 34.1 Å². The van der Waals surface area contributed by atoms with E-state index in [1.54, 1.807) is 30.7 Å². The molecule has 0 saturated carbocycles. The quantitative estimate of drug-likeness (QED) is 0.784. The first-order valence-electron chi connectivity index (χ1n) is 8.80. The zero-order valence-electron chi connectivity index (χ0n) is 14.3. The van der Waals surface area contributed by atoms with Gasteiger partial charge in [0, 0.05) is 43.6 Å². The molecule has 0 aliphatic carbocycles. The number of ether oxygens (including phenoxy) is 1. The molecule has 26 heavy (non-hydrogen) atoms. The minimum absolute atomic E-state index is 0.0855. The molecule has 1 N–H and O–H groups in total. The summed E-state index contributed by atoms with van der Waals surface area (Å²) in [7, 11) is 0. The Kier molecular flexibility index (Phi) is 4.84. The second kappa shape index (κ2) is 7.58. The lowest BCUT2D eigenvalue weighted by atomic mass is 9.87. The zero-order chi connectivity index (χ0) is 17.8. The maximum atomic E-state index is 12.9. The molecule has 1 fully saturated rings. The topological polar surface area (TPSA) is 77.0 Å². The summed E-state index contributed by atoms with van der Waals surface area (Å²) in [6.07, 6.45) is 8.68. The minimum Gasteiger partial charge on any atom is -0.381 e. The normalized spacial score (nSPS) is 16.3. The van der Waals surface area contributed by atoms with E-state index in [-0.39, 0.29) is 11.9 Å². The lowest BCUT2D eigenvalue weighted by Gasteiger charge is -2.31. The average Bonchev–Trinajstić information content (AvgIpc) is 2.72. The Morgan fingerprint density at radius 3 is 2.65 bits per heavy atom. The van der Waals surface area contributed by atoms with E-state index >= 15 is 0 Å². The summed E-state index contributed by atoms with van der Waals surface area (Å²) in [4.78, 5) is 25.7. The van der Waals surface area contributed by atoms with Crippen LogP contribution in [0.3, 0.4) is 0 Å². The van der Waals surface area contributed by atoms with Crippen molar-refractivity contribution in [2.45, 2.75) is 18.9 Å². The predicted octanol–water partition coefficient (Wildman–Crippen LogP) is 2.92. The predicted molar refractivity (Wildman–Crippen MR) is 97.5 cm³/mol. The molecular formula is C20H20N4O2. The van der Waals surface area contributed by atoms with Gasteiger partial charge in [0.25, 0.3) is 5.91 Å². The summed E-state index contributed by atoms with van der Waals surface area (Å²) < 4.78 is 5.48. The maximum Gasteiger partial charge on any atom is 0.251 e. The van der Waals surface area contributed by atoms with Gasteiger partial charge in [0.15, 0.2) is 0 Å². The van der Waals surface area contributed by atoms with Crippen molar-refractivity contribution in [1.29, 1.82) is 0 Å². The molecule has 1 aliphatic rings. The van der Waals surface area contributed by atoms with E-state index < -0.39 is 0 Å². The highest BCUT2D eigenvalue weighted by molar-refractivity contribution is 5.97. The van der Waals surface area contributed by atoms with Gasteiger partial charge in [-0.15, -0.1) is 0 Å². The van der Waals surface area contributed by atoms with Crippen molar-refractivity contribution >= 4 is 16.9 Å². The standard InChI is InChI=1S/C20H20N4O2/c25-20(15-3-4-17-18(12-15)23-9-8-22-17)24-19(14-5-10-26-11-6-14)16-2-1-7-21-13-16/h1-4,7-9,12-14,19H,5-6,10-11H2,(H,24,25). The van der Waals surface area contributed by atoms with Crippen LogP contribution in [0.2, 0.25) is 0 Å². The Morgan fingerprint density at radius 2 is 1.88 bits per heavy atom. The molecule has 3 heterocycles. The van der Waals surface area contributed by atoms with Crippen LogP contribution in [0.25, 0.3) is 11.0 Å². The van der Waals surface area contributed by atoms with Crippen LogP contribution in [0.4, 0.5) is 0 Å². The lowest BCUT2D eigenvalue weighted by Crippen LogP contribution is -2.36. The summed E-state index contributed by atoms with van der Waals surface area (Å²) in [6, 6.07) is 9.22. The molecule has 1 amide bonds. The summed E-state index contributed by atoms with van der Waals surface area (Å²) in [5, 5.41) is 3.20. The molecule has 0 bridgehead atoms. The van der Waals surface area contributed by atoms with E-state index in [0.29, 0.717) is 17.0 Å². The molecular weight excluding hydrogens is 328 g/mol. The molecule has 6 nitrogen and oxygen atoms in total. The van der Waals surface area contributed by atoms with Gasteiger partial charge in [-0.25, -0.2) is 0 Å². The van der Waals surface area contributed by atoms with Crippen LogP contribution in [-0.2, 0) is 4.74 Å². The number of nitrogens with one attached hydrogen (secondary N) is 1. The number of carbonyl (C=O) groups is 1. The molecule has 1 saturated heterocycles. The van der Waals surface area contributed by atoms with Crippen molar-refractivity contribution in [2.24, 2.45) is 5.92 Å². The third kappa shape index (κ3) is 3.55. The third-order valence-electron chi connectivity index (χ3n) is 4.80. The Balaban J connectivity index is 1.60. The molecule has 2 aromatic heterocycles. The van der Waals surface area contributed by atoms with Gasteiger partial charge in [0.05, 0.1) is 17.1 Å². The number of carbonyl (C=O) groups excluding carboxylic acids is 1. The number of nitrogens with zero attached hydrogens (tertiary/aromatic N) is 3. The Morgan fingerprint density at radius 1 is 1.08 bits per heavy atom. The summed E-state index contributed by atoms with van der Waals surface area (Å²) >= 11 is 0. The second-order valence-corrected chi connectivity index (χ2v) is 6.45. The molecule has 6 heteroatoms. The van der Waals surface area contributed by atoms with Crippen LogP contribution < -0.4 is 5.32 Å². The van der Waals surface area contributed by atoms with Gasteiger partial charge >= 0.3 is 0 Å². The van der Waals surface area contributed by atoms with E-state index in [0.717, 1.165) is 37.1 Å². The SMILES string of the molecule is O=C(NC(c1cccnc1)C1CCOCC1)c1ccc2nccnc2c1. The Bertz CT molecular complexity index is 894. The highest BCUT2D eigenvalue weighted by Crippen LogP contribution is 2.30. The van der Waals surface area contributed by atoms with Crippen LogP contribution >= 0.6 is 0 Å². The van der Waals surface area contributed by atoms with Crippen molar-refractivity contribution < 1.29 is 9.53 Å². The van der Waals surface area contributed by atoms with Crippen LogP contribution in [0.5, 0.6) is 0 Å². The molecule has 132 valence electrons. The van der Waals surface area contributed by atoms with E-state index in [2.05, 4.69) is 20.3 Å². The lowest BCUT2D eigenvalue weighted by molar-refractivity contribution is 0.0513. The van der Waals surface area contributed by atoms with E-state index in [1.807, 2.05) is 24.4 Å². The summed E-state index contributed by atoms with van der Waals surface area (Å²) in [5.74, 6) is 0.218. The van der Waals surface area contributed by atoms with Gasteiger partial charge in [-0.2, -0.15) is 0 Å². The van der Waals surface area contributed by atoms with Gasteiger partial charge in [-0.3, -0.25) is 19.7 Å². The van der Waals surface area contributed by atoms with Crippen molar-refractivity contribution in [1.82, 2.24) is 20.3 Å². The van der Waals surface area contributed by atoms with Crippen LogP contribution in [0.1, 0.15) is 34.8 Å². The monoisotopic (exact) mass is 348 g/mol. The van der Waals surface area contributed by atoms with E-state index in [1.165, 1.54) is 0 Å². The smallest absolute Gasteiger partial charge is 0.251 e. The number of fused-ring (bicyclic) bond motifs is 1. The molecule has 3 aromatic rings. The first-order valence-corrected chi connectivity index (χ1v) is 8.80. The molecule has 0 spiro atoms. The minimum atomic E-state index is -0.113. The van der Waals surface area contributed by atoms with Gasteiger partial charge < -0.3 is 10.1 Å². The average molecular weight is 348 g/mol. The third-order valence-corrected chi connectivity index (χ3v) is 4.80. The fourth-order valence-electron chi connectivity index (χ4n) is 3.41. The molecule has 4 rings (SSSR count). The van der Waals surface area contributed by atoms with Gasteiger partial charge in [-0.1, -0.05) is 6.07 Å². The molecule has 1 aliphatic heterocycles. The molecule has 1 unspecified atom stereocenters. The first-order chi connectivity index (χ1) is 12.8. The Labute approximate surface area is 151 Å². The van der Waals surface area contributed by atoms with Crippen LogP contribution in [0, 0.1) is 5.92 Å². The highest BCUT2D eigenvalue weighted by atomic mass is 16.5. The van der Waals surface area contributed by atoms with Gasteiger partial charge in [-0.05, 0) is 48.6 Å². The van der Waals surface area contributed by atoms with Gasteiger partial charge in [0.2, 0.25) is 0 Å². The van der Waals surface area contributed by atoms with Crippen molar-refractivity contribution in [2.75, 3.05) is 13.2 Å². The number of aromatic nitrogens is 3. The summed E-state index contributed by atoms with van der Waals surface area (Å²) in [5.41, 5.74) is 3.09. The summed E-state index contributed by atoms with van der Waals surface area (Å²) in [6.45, 7) is 1.45. The Hall–Kier alpha value is -2.86. The maximum absolute atomic E-state index is 12.9. The molecule has 0 radical (unpaired) electrons. The second-order valence-electron chi connectivity index (χ2n) is 6.45. The fourth-order valence-corrected chi connectivity index (χ4v) is 3.41. The zero-order valence-corrected chi connectivity index (χ0v) is 14.3. The highest BCUT2D eigenvalue weighted by Gasteiger charge is 2.27. The molecule has 1 atom stereocenters. The van der Waals surface area contributed by atoms with E-state index in [4.69, 9.17) is 4.74 Å². The number of rotatable bonds is 4. The van der Waals surface area contributed by atoms with Crippen molar-refractivity contribution in [3.8, 4) is 0 Å². The largest absolute Gasteiger partial charge is 0.381 e.